The van der Waals surface area contributed by atoms with E-state index in [2.05, 4.69) is 10.3 Å². The molecule has 6 heteroatoms. The number of piperidine rings is 1. The van der Waals surface area contributed by atoms with Gasteiger partial charge in [-0.05, 0) is 43.9 Å². The molecule has 2 heterocycles. The highest BCUT2D eigenvalue weighted by Crippen LogP contribution is 2.20. The van der Waals surface area contributed by atoms with Gasteiger partial charge >= 0.3 is 0 Å². The summed E-state index contributed by atoms with van der Waals surface area (Å²) in [6.07, 6.45) is 3.61. The first-order valence-electron chi connectivity index (χ1n) is 8.31. The normalized spacial score (nSPS) is 17.8. The minimum absolute atomic E-state index is 0.0174. The van der Waals surface area contributed by atoms with E-state index in [4.69, 9.17) is 4.42 Å². The van der Waals surface area contributed by atoms with Crippen LogP contribution in [0.4, 0.5) is 5.69 Å². The van der Waals surface area contributed by atoms with Crippen LogP contribution < -0.4 is 5.32 Å². The van der Waals surface area contributed by atoms with Gasteiger partial charge in [0.05, 0.1) is 12.7 Å². The van der Waals surface area contributed by atoms with Gasteiger partial charge in [-0.25, -0.2) is 4.98 Å². The van der Waals surface area contributed by atoms with Gasteiger partial charge in [0.15, 0.2) is 0 Å². The van der Waals surface area contributed by atoms with Crippen molar-refractivity contribution in [1.29, 1.82) is 0 Å². The van der Waals surface area contributed by atoms with Crippen LogP contribution in [0.5, 0.6) is 0 Å². The summed E-state index contributed by atoms with van der Waals surface area (Å²) in [6.45, 7) is 3.85. The fourth-order valence-corrected chi connectivity index (χ4v) is 3.00. The molecule has 1 atom stereocenters. The highest BCUT2D eigenvalue weighted by Gasteiger charge is 2.24. The van der Waals surface area contributed by atoms with Crippen LogP contribution in [0.15, 0.2) is 34.9 Å². The summed E-state index contributed by atoms with van der Waals surface area (Å²) >= 11 is 0. The molecule has 6 nitrogen and oxygen atoms in total. The molecule has 2 aromatic rings. The van der Waals surface area contributed by atoms with Crippen molar-refractivity contribution in [3.8, 4) is 0 Å². The third kappa shape index (κ3) is 3.94. The van der Waals surface area contributed by atoms with Gasteiger partial charge in [-0.3, -0.25) is 4.79 Å². The topological polar surface area (TPSA) is 78.6 Å². The van der Waals surface area contributed by atoms with Crippen molar-refractivity contribution in [1.82, 2.24) is 9.88 Å². The van der Waals surface area contributed by atoms with Crippen molar-refractivity contribution in [3.05, 3.63) is 47.7 Å². The quantitative estimate of drug-likeness (QED) is 0.881. The highest BCUT2D eigenvalue weighted by molar-refractivity contribution is 5.95. The molecule has 24 heavy (non-hydrogen) atoms. The second-order valence-electron chi connectivity index (χ2n) is 6.24. The Balaban J connectivity index is 1.64. The first-order chi connectivity index (χ1) is 11.7. The number of benzene rings is 1. The first kappa shape index (κ1) is 16.5. The maximum atomic E-state index is 12.7. The SMILES string of the molecule is Cc1cnc(CNc2cccc(C(=O)N3CCCC(CO)C3)c2)o1. The third-order valence-electron chi connectivity index (χ3n) is 4.29. The van der Waals surface area contributed by atoms with E-state index < -0.39 is 0 Å². The molecule has 128 valence electrons. The van der Waals surface area contributed by atoms with Crippen LogP contribution in [0.2, 0.25) is 0 Å². The highest BCUT2D eigenvalue weighted by atomic mass is 16.4. The van der Waals surface area contributed by atoms with Gasteiger partial charge in [0.2, 0.25) is 5.89 Å². The number of aliphatic hydroxyl groups is 1. The minimum atomic E-state index is 0.0174. The number of oxazole rings is 1. The molecule has 1 aliphatic heterocycles. The number of carbonyl (C=O) groups excluding carboxylic acids is 1. The fourth-order valence-electron chi connectivity index (χ4n) is 3.00. The molecule has 0 bridgehead atoms. The zero-order valence-electron chi connectivity index (χ0n) is 13.9. The van der Waals surface area contributed by atoms with E-state index in [-0.39, 0.29) is 18.4 Å². The molecule has 0 saturated carbocycles. The number of amides is 1. The molecular formula is C18H23N3O3. The average Bonchev–Trinajstić information content (AvgIpc) is 3.05. The number of hydrogen-bond acceptors (Lipinski definition) is 5. The Morgan fingerprint density at radius 3 is 3.12 bits per heavy atom. The largest absolute Gasteiger partial charge is 0.444 e. The molecule has 2 N–H and O–H groups in total. The second-order valence-corrected chi connectivity index (χ2v) is 6.24. The Hall–Kier alpha value is -2.34. The number of likely N-dealkylation sites (tertiary alicyclic amines) is 1. The fraction of sp³-hybridized carbons (Fsp3) is 0.444. The molecule has 1 amide bonds. The number of nitrogens with zero attached hydrogens (tertiary/aromatic N) is 2. The van der Waals surface area contributed by atoms with Gasteiger partial charge in [0.25, 0.3) is 5.91 Å². The van der Waals surface area contributed by atoms with Crippen molar-refractivity contribution in [3.63, 3.8) is 0 Å². The van der Waals surface area contributed by atoms with Crippen LogP contribution in [-0.4, -0.2) is 40.6 Å². The van der Waals surface area contributed by atoms with E-state index in [0.29, 0.717) is 24.5 Å². The van der Waals surface area contributed by atoms with Gasteiger partial charge in [-0.15, -0.1) is 0 Å². The molecule has 1 aromatic carbocycles. The number of rotatable bonds is 5. The summed E-state index contributed by atoms with van der Waals surface area (Å²) in [5.74, 6) is 1.60. The Morgan fingerprint density at radius 1 is 1.50 bits per heavy atom. The monoisotopic (exact) mass is 329 g/mol. The number of aliphatic hydroxyl groups excluding tert-OH is 1. The number of anilines is 1. The molecular weight excluding hydrogens is 306 g/mol. The van der Waals surface area contributed by atoms with Crippen LogP contribution >= 0.6 is 0 Å². The zero-order chi connectivity index (χ0) is 16.9. The second kappa shape index (κ2) is 7.49. The molecule has 0 aliphatic carbocycles. The van der Waals surface area contributed by atoms with Crippen LogP contribution in [0.25, 0.3) is 0 Å². The van der Waals surface area contributed by atoms with E-state index >= 15 is 0 Å². The standard InChI is InChI=1S/C18H23N3O3/c1-13-9-20-17(24-13)10-19-16-6-2-5-15(8-16)18(23)21-7-3-4-14(11-21)12-22/h2,5-6,8-9,14,19,22H,3-4,7,10-12H2,1H3. The first-order valence-corrected chi connectivity index (χ1v) is 8.31. The van der Waals surface area contributed by atoms with Crippen molar-refractivity contribution in [2.24, 2.45) is 5.92 Å². The van der Waals surface area contributed by atoms with E-state index in [1.807, 2.05) is 36.1 Å². The molecule has 1 saturated heterocycles. The molecule has 0 radical (unpaired) electrons. The third-order valence-corrected chi connectivity index (χ3v) is 4.29. The number of nitrogens with one attached hydrogen (secondary N) is 1. The van der Waals surface area contributed by atoms with Gasteiger partial charge in [0, 0.05) is 30.9 Å². The smallest absolute Gasteiger partial charge is 0.253 e. The Bertz CT molecular complexity index is 698. The minimum Gasteiger partial charge on any atom is -0.444 e. The predicted molar refractivity (Wildman–Crippen MR) is 90.7 cm³/mol. The van der Waals surface area contributed by atoms with E-state index in [9.17, 15) is 9.90 Å². The number of hydrogen-bond donors (Lipinski definition) is 2. The number of aromatic nitrogens is 1. The van der Waals surface area contributed by atoms with Gasteiger partial charge < -0.3 is 19.7 Å². The molecule has 1 aliphatic rings. The Morgan fingerprint density at radius 2 is 2.38 bits per heavy atom. The van der Waals surface area contributed by atoms with E-state index in [1.54, 1.807) is 6.20 Å². The number of aryl methyl sites for hydroxylation is 1. The summed E-state index contributed by atoms with van der Waals surface area (Å²) in [5, 5.41) is 12.5. The van der Waals surface area contributed by atoms with Crippen molar-refractivity contribution in [2.45, 2.75) is 26.3 Å². The van der Waals surface area contributed by atoms with Crippen molar-refractivity contribution < 1.29 is 14.3 Å². The average molecular weight is 329 g/mol. The van der Waals surface area contributed by atoms with Crippen LogP contribution in [0.3, 0.4) is 0 Å². The molecule has 3 rings (SSSR count). The zero-order valence-corrected chi connectivity index (χ0v) is 13.9. The maximum absolute atomic E-state index is 12.7. The van der Waals surface area contributed by atoms with E-state index in [1.165, 1.54) is 0 Å². The summed E-state index contributed by atoms with van der Waals surface area (Å²) in [5.41, 5.74) is 1.51. The predicted octanol–water partition coefficient (Wildman–Crippen LogP) is 2.44. The lowest BCUT2D eigenvalue weighted by atomic mass is 9.98. The molecule has 1 unspecified atom stereocenters. The van der Waals surface area contributed by atoms with Gasteiger partial charge in [-0.2, -0.15) is 0 Å². The summed E-state index contributed by atoms with van der Waals surface area (Å²) in [4.78, 5) is 18.7. The van der Waals surface area contributed by atoms with Crippen LogP contribution in [0.1, 0.15) is 34.9 Å². The Labute approximate surface area is 141 Å². The lowest BCUT2D eigenvalue weighted by Crippen LogP contribution is -2.40. The molecule has 0 spiro atoms. The summed E-state index contributed by atoms with van der Waals surface area (Å²) in [7, 11) is 0. The van der Waals surface area contributed by atoms with Crippen LogP contribution in [-0.2, 0) is 6.54 Å². The lowest BCUT2D eigenvalue weighted by Gasteiger charge is -2.32. The summed E-state index contributed by atoms with van der Waals surface area (Å²) < 4.78 is 5.43. The molecule has 1 fully saturated rings. The van der Waals surface area contributed by atoms with Gasteiger partial charge in [0.1, 0.15) is 5.76 Å². The maximum Gasteiger partial charge on any atom is 0.253 e. The van der Waals surface area contributed by atoms with Gasteiger partial charge in [-0.1, -0.05) is 6.07 Å². The van der Waals surface area contributed by atoms with Crippen molar-refractivity contribution >= 4 is 11.6 Å². The van der Waals surface area contributed by atoms with E-state index in [0.717, 1.165) is 30.8 Å². The van der Waals surface area contributed by atoms with Crippen molar-refractivity contribution in [2.75, 3.05) is 25.0 Å². The van der Waals surface area contributed by atoms with Crippen LogP contribution in [0, 0.1) is 12.8 Å². The molecule has 1 aromatic heterocycles. The Kier molecular flexibility index (Phi) is 5.15. The lowest BCUT2D eigenvalue weighted by molar-refractivity contribution is 0.0621. The summed E-state index contributed by atoms with van der Waals surface area (Å²) in [6, 6.07) is 7.45. The number of carbonyl (C=O) groups is 1.